The summed E-state index contributed by atoms with van der Waals surface area (Å²) in [6, 6.07) is 8.92. The number of aromatic nitrogens is 3. The van der Waals surface area contributed by atoms with E-state index in [4.69, 9.17) is 16.3 Å². The number of nitrogens with one attached hydrogen (secondary N) is 1. The number of nitrogens with zero attached hydrogens (tertiary/aromatic N) is 2. The Morgan fingerprint density at radius 3 is 2.71 bits per heavy atom. The van der Waals surface area contributed by atoms with Crippen molar-refractivity contribution < 1.29 is 4.74 Å². The average molecular weight is 304 g/mol. The van der Waals surface area contributed by atoms with Gasteiger partial charge in [0.1, 0.15) is 0 Å². The molecule has 2 heterocycles. The number of ether oxygens (including phenoxy) is 1. The number of fused-ring (bicyclic) bond motifs is 1. The van der Waals surface area contributed by atoms with Gasteiger partial charge in [0.15, 0.2) is 5.65 Å². The van der Waals surface area contributed by atoms with E-state index in [9.17, 15) is 4.79 Å². The minimum absolute atomic E-state index is 0.157. The highest BCUT2D eigenvalue weighted by Crippen LogP contribution is 2.27. The Hall–Kier alpha value is -2.11. The molecule has 3 aromatic rings. The van der Waals surface area contributed by atoms with Crippen molar-refractivity contribution in [1.29, 1.82) is 0 Å². The van der Waals surface area contributed by atoms with Crippen LogP contribution in [0.25, 0.3) is 16.8 Å². The predicted octanol–water partition coefficient (Wildman–Crippen LogP) is 2.80. The van der Waals surface area contributed by atoms with Crippen LogP contribution in [-0.2, 0) is 11.3 Å². The van der Waals surface area contributed by atoms with Gasteiger partial charge < -0.3 is 4.74 Å². The molecule has 0 saturated carbocycles. The maximum Gasteiger partial charge on any atom is 0.273 e. The molecule has 0 fully saturated rings. The topological polar surface area (TPSA) is 59.4 Å². The van der Waals surface area contributed by atoms with E-state index in [0.29, 0.717) is 23.0 Å². The lowest BCUT2D eigenvalue weighted by molar-refractivity contribution is 0.181. The zero-order valence-electron chi connectivity index (χ0n) is 11.7. The summed E-state index contributed by atoms with van der Waals surface area (Å²) in [5.74, 6) is 0. The monoisotopic (exact) mass is 303 g/mol. The Morgan fingerprint density at radius 1 is 1.33 bits per heavy atom. The molecule has 0 saturated heterocycles. The standard InChI is InChI=1S/C15H14ClN3O2/c1-9-14(10-3-5-11(16)6-4-10)15-17-12(8-21-2)7-13(20)19(15)18-9/h3-7,18H,8H2,1-2H3. The molecule has 2 aromatic heterocycles. The van der Waals surface area contributed by atoms with Crippen LogP contribution in [0.2, 0.25) is 5.02 Å². The zero-order chi connectivity index (χ0) is 15.0. The second-order valence-corrected chi connectivity index (χ2v) is 5.23. The highest BCUT2D eigenvalue weighted by molar-refractivity contribution is 6.30. The van der Waals surface area contributed by atoms with Crippen molar-refractivity contribution >= 4 is 17.2 Å². The lowest BCUT2D eigenvalue weighted by Gasteiger charge is -2.03. The number of rotatable bonds is 3. The summed E-state index contributed by atoms with van der Waals surface area (Å²) in [6.07, 6.45) is 0. The lowest BCUT2D eigenvalue weighted by Crippen LogP contribution is -2.15. The van der Waals surface area contributed by atoms with Crippen LogP contribution in [0.1, 0.15) is 11.4 Å². The molecule has 0 radical (unpaired) electrons. The van der Waals surface area contributed by atoms with E-state index >= 15 is 0 Å². The van der Waals surface area contributed by atoms with Crippen molar-refractivity contribution in [2.24, 2.45) is 0 Å². The van der Waals surface area contributed by atoms with Crippen molar-refractivity contribution in [3.05, 3.63) is 57.1 Å². The quantitative estimate of drug-likeness (QED) is 0.809. The molecular formula is C15H14ClN3O2. The minimum Gasteiger partial charge on any atom is -0.378 e. The highest BCUT2D eigenvalue weighted by atomic mass is 35.5. The summed E-state index contributed by atoms with van der Waals surface area (Å²) in [7, 11) is 1.58. The molecule has 0 amide bonds. The number of aryl methyl sites for hydroxylation is 1. The van der Waals surface area contributed by atoms with Crippen LogP contribution in [0, 0.1) is 6.92 Å². The van der Waals surface area contributed by atoms with E-state index in [2.05, 4.69) is 10.1 Å². The van der Waals surface area contributed by atoms with Gasteiger partial charge in [0.05, 0.1) is 12.3 Å². The zero-order valence-corrected chi connectivity index (χ0v) is 12.4. The predicted molar refractivity (Wildman–Crippen MR) is 81.7 cm³/mol. The number of hydrogen-bond acceptors (Lipinski definition) is 3. The molecule has 3 rings (SSSR count). The van der Waals surface area contributed by atoms with Gasteiger partial charge >= 0.3 is 0 Å². The molecular weight excluding hydrogens is 290 g/mol. The van der Waals surface area contributed by atoms with Crippen LogP contribution in [-0.4, -0.2) is 21.7 Å². The number of hydrogen-bond donors (Lipinski definition) is 1. The van der Waals surface area contributed by atoms with Gasteiger partial charge in [0.25, 0.3) is 5.56 Å². The first-order valence-electron chi connectivity index (χ1n) is 6.46. The summed E-state index contributed by atoms with van der Waals surface area (Å²) in [5, 5.41) is 3.71. The van der Waals surface area contributed by atoms with Crippen LogP contribution in [0.3, 0.4) is 0 Å². The molecule has 1 aromatic carbocycles. The molecule has 0 unspecified atom stereocenters. The molecule has 0 aliphatic carbocycles. The summed E-state index contributed by atoms with van der Waals surface area (Å²) in [4.78, 5) is 16.7. The summed E-state index contributed by atoms with van der Waals surface area (Å²) in [5.41, 5.74) is 3.76. The normalized spacial score (nSPS) is 11.2. The van der Waals surface area contributed by atoms with Crippen LogP contribution in [0.15, 0.2) is 35.1 Å². The Balaban J connectivity index is 2.28. The average Bonchev–Trinajstić information content (AvgIpc) is 2.77. The smallest absolute Gasteiger partial charge is 0.273 e. The Labute approximate surface area is 126 Å². The van der Waals surface area contributed by atoms with Crippen molar-refractivity contribution in [2.75, 3.05) is 7.11 Å². The molecule has 5 nitrogen and oxygen atoms in total. The molecule has 1 N–H and O–H groups in total. The molecule has 0 spiro atoms. The number of halogens is 1. The SMILES string of the molecule is COCc1cc(=O)n2[nH]c(C)c(-c3ccc(Cl)cc3)c2n1. The number of methoxy groups -OCH3 is 1. The first-order valence-corrected chi connectivity index (χ1v) is 6.84. The number of aromatic amines is 1. The number of benzene rings is 1. The third-order valence-electron chi connectivity index (χ3n) is 3.28. The number of H-pyrrole nitrogens is 1. The van der Waals surface area contributed by atoms with Crippen molar-refractivity contribution in [1.82, 2.24) is 14.6 Å². The van der Waals surface area contributed by atoms with Gasteiger partial charge in [0.2, 0.25) is 0 Å². The third kappa shape index (κ3) is 2.46. The van der Waals surface area contributed by atoms with Crippen molar-refractivity contribution in [3.8, 4) is 11.1 Å². The molecule has 108 valence electrons. The van der Waals surface area contributed by atoms with E-state index in [-0.39, 0.29) is 5.56 Å². The van der Waals surface area contributed by atoms with E-state index < -0.39 is 0 Å². The minimum atomic E-state index is -0.157. The van der Waals surface area contributed by atoms with Gasteiger partial charge in [-0.3, -0.25) is 9.89 Å². The lowest BCUT2D eigenvalue weighted by atomic mass is 10.1. The first kappa shape index (κ1) is 13.9. The van der Waals surface area contributed by atoms with Gasteiger partial charge in [-0.1, -0.05) is 23.7 Å². The van der Waals surface area contributed by atoms with E-state index in [1.54, 1.807) is 7.11 Å². The summed E-state index contributed by atoms with van der Waals surface area (Å²) in [6.45, 7) is 2.21. The van der Waals surface area contributed by atoms with Gasteiger partial charge in [-0.15, -0.1) is 0 Å². The third-order valence-corrected chi connectivity index (χ3v) is 3.53. The largest absolute Gasteiger partial charge is 0.378 e. The van der Waals surface area contributed by atoms with Gasteiger partial charge in [0, 0.05) is 29.5 Å². The maximum absolute atomic E-state index is 12.1. The van der Waals surface area contributed by atoms with E-state index in [0.717, 1.165) is 16.8 Å². The Kier molecular flexibility index (Phi) is 3.53. The van der Waals surface area contributed by atoms with Crippen LogP contribution in [0.5, 0.6) is 0 Å². The van der Waals surface area contributed by atoms with Crippen molar-refractivity contribution in [3.63, 3.8) is 0 Å². The van der Waals surface area contributed by atoms with Gasteiger partial charge in [-0.25, -0.2) is 9.50 Å². The molecule has 0 aliphatic heterocycles. The van der Waals surface area contributed by atoms with Crippen LogP contribution >= 0.6 is 11.6 Å². The molecule has 21 heavy (non-hydrogen) atoms. The van der Waals surface area contributed by atoms with Gasteiger partial charge in [-0.2, -0.15) is 0 Å². The fourth-order valence-corrected chi connectivity index (χ4v) is 2.51. The summed E-state index contributed by atoms with van der Waals surface area (Å²) < 4.78 is 6.50. The highest BCUT2D eigenvalue weighted by Gasteiger charge is 2.14. The maximum atomic E-state index is 12.1. The fourth-order valence-electron chi connectivity index (χ4n) is 2.38. The molecule has 6 heteroatoms. The second-order valence-electron chi connectivity index (χ2n) is 4.80. The Morgan fingerprint density at radius 2 is 2.05 bits per heavy atom. The van der Waals surface area contributed by atoms with E-state index in [1.807, 2.05) is 31.2 Å². The van der Waals surface area contributed by atoms with Crippen molar-refractivity contribution in [2.45, 2.75) is 13.5 Å². The van der Waals surface area contributed by atoms with Crippen LogP contribution < -0.4 is 5.56 Å². The fraction of sp³-hybridized carbons (Fsp3) is 0.200. The Bertz CT molecular complexity index is 850. The second kappa shape index (κ2) is 5.35. The molecule has 0 atom stereocenters. The molecule has 0 aliphatic rings. The van der Waals surface area contributed by atoms with Crippen LogP contribution in [0.4, 0.5) is 0 Å². The summed E-state index contributed by atoms with van der Waals surface area (Å²) >= 11 is 5.93. The van der Waals surface area contributed by atoms with Gasteiger partial charge in [-0.05, 0) is 24.6 Å². The molecule has 0 bridgehead atoms. The van der Waals surface area contributed by atoms with E-state index in [1.165, 1.54) is 10.6 Å². The first-order chi connectivity index (χ1) is 10.1.